The Hall–Kier alpha value is -1.87. The van der Waals surface area contributed by atoms with Crippen molar-refractivity contribution in [1.82, 2.24) is 4.72 Å². The molecule has 3 rings (SSSR count). The van der Waals surface area contributed by atoms with E-state index in [1.807, 2.05) is 36.6 Å². The lowest BCUT2D eigenvalue weighted by Gasteiger charge is -2.36. The highest BCUT2D eigenvalue weighted by Crippen LogP contribution is 2.44. The van der Waals surface area contributed by atoms with Crippen molar-refractivity contribution in [2.75, 3.05) is 24.3 Å². The highest BCUT2D eigenvalue weighted by atomic mass is 32.2. The molecule has 1 aliphatic rings. The van der Waals surface area contributed by atoms with Gasteiger partial charge >= 0.3 is 5.97 Å². The van der Waals surface area contributed by atoms with Crippen LogP contribution >= 0.6 is 11.8 Å². The lowest BCUT2D eigenvalue weighted by Crippen LogP contribution is -2.53. The zero-order valence-corrected chi connectivity index (χ0v) is 22.0. The molecule has 8 heteroatoms. The van der Waals surface area contributed by atoms with Crippen molar-refractivity contribution in [2.45, 2.75) is 74.1 Å². The molecule has 0 saturated carbocycles. The van der Waals surface area contributed by atoms with Gasteiger partial charge in [0, 0.05) is 18.3 Å². The highest BCUT2D eigenvalue weighted by molar-refractivity contribution is 7.98. The number of anilines is 2. The van der Waals surface area contributed by atoms with E-state index < -0.39 is 17.3 Å². The first kappa shape index (κ1) is 26.7. The molecule has 2 N–H and O–H groups in total. The Balaban J connectivity index is 2.10. The molecule has 1 atom stereocenters. The number of para-hydroxylation sites is 1. The molecule has 0 radical (unpaired) electrons. The number of hydrogen-bond acceptors (Lipinski definition) is 6. The first-order valence-corrected chi connectivity index (χ1v) is 14.4. The van der Waals surface area contributed by atoms with Gasteiger partial charge in [-0.15, -0.1) is 16.5 Å². The summed E-state index contributed by atoms with van der Waals surface area (Å²) in [5.41, 5.74) is 1.69. The van der Waals surface area contributed by atoms with Crippen molar-refractivity contribution >= 4 is 40.5 Å². The molecule has 2 aromatic carbocycles. The third kappa shape index (κ3) is 6.62. The first-order valence-electron chi connectivity index (χ1n) is 12.0. The summed E-state index contributed by atoms with van der Waals surface area (Å²) in [6, 6.07) is 14.1. The van der Waals surface area contributed by atoms with Crippen LogP contribution in [0.4, 0.5) is 11.4 Å². The maximum atomic E-state index is 13.8. The molecule has 186 valence electrons. The number of rotatable bonds is 12. The van der Waals surface area contributed by atoms with Gasteiger partial charge in [-0.1, -0.05) is 57.7 Å². The zero-order valence-electron chi connectivity index (χ0n) is 20.3. The van der Waals surface area contributed by atoms with Crippen LogP contribution in [0.5, 0.6) is 5.75 Å². The van der Waals surface area contributed by atoms with Crippen LogP contribution in [0.25, 0.3) is 0 Å². The largest absolute Gasteiger partial charge is 0.593 e. The second-order valence-corrected chi connectivity index (χ2v) is 10.8. The fourth-order valence-electron chi connectivity index (χ4n) is 4.34. The summed E-state index contributed by atoms with van der Waals surface area (Å²) in [6.45, 7) is 5.18. The average Bonchev–Trinajstić information content (AvgIpc) is 2.96. The number of nitrogens with zero attached hydrogens (tertiary/aromatic N) is 1. The van der Waals surface area contributed by atoms with Gasteiger partial charge in [-0.2, -0.15) is 0 Å². The number of carboxylic acids is 1. The van der Waals surface area contributed by atoms with Crippen molar-refractivity contribution in [3.05, 3.63) is 42.5 Å². The average molecular weight is 505 g/mol. The van der Waals surface area contributed by atoms with Crippen molar-refractivity contribution < 1.29 is 19.2 Å². The Morgan fingerprint density at radius 3 is 2.47 bits per heavy atom. The SMILES string of the molecule is CCCCC1(CCCC)CN(c2ccccc2)c2cc(SC)c(OCCC(=O)O)cc2[S+]([O-])N1. The van der Waals surface area contributed by atoms with Gasteiger partial charge in [0.2, 0.25) is 4.90 Å². The fourth-order valence-corrected chi connectivity index (χ4v) is 6.23. The number of thioether (sulfide) groups is 1. The van der Waals surface area contributed by atoms with Crippen molar-refractivity contribution in [2.24, 2.45) is 0 Å². The number of fused-ring (bicyclic) bond motifs is 1. The molecule has 34 heavy (non-hydrogen) atoms. The number of hydrogen-bond donors (Lipinski definition) is 2. The van der Waals surface area contributed by atoms with E-state index >= 15 is 0 Å². The normalized spacial score (nSPS) is 17.2. The Kier molecular flexibility index (Phi) is 10.0. The van der Waals surface area contributed by atoms with Gasteiger partial charge in [0.25, 0.3) is 0 Å². The summed E-state index contributed by atoms with van der Waals surface area (Å²) in [4.78, 5) is 14.8. The van der Waals surface area contributed by atoms with Crippen LogP contribution in [0.2, 0.25) is 0 Å². The van der Waals surface area contributed by atoms with Gasteiger partial charge in [-0.05, 0) is 37.3 Å². The number of carboxylic acid groups (broad SMARTS) is 1. The van der Waals surface area contributed by atoms with Crippen LogP contribution in [-0.2, 0) is 16.2 Å². The van der Waals surface area contributed by atoms with E-state index in [-0.39, 0.29) is 18.6 Å². The third-order valence-corrected chi connectivity index (χ3v) is 8.27. The molecular weight excluding hydrogens is 468 g/mol. The van der Waals surface area contributed by atoms with Crippen LogP contribution in [-0.4, -0.2) is 40.6 Å². The Morgan fingerprint density at radius 1 is 1.21 bits per heavy atom. The van der Waals surface area contributed by atoms with Gasteiger partial charge in [-0.3, -0.25) is 4.79 Å². The minimum absolute atomic E-state index is 0.0705. The summed E-state index contributed by atoms with van der Waals surface area (Å²) in [7, 11) is 0. The van der Waals surface area contributed by atoms with Gasteiger partial charge in [0.05, 0.1) is 34.8 Å². The molecule has 1 aliphatic heterocycles. The molecule has 0 fully saturated rings. The third-order valence-electron chi connectivity index (χ3n) is 6.16. The standard InChI is InChI=1S/C26H36N2O4S2/c1-4-6-14-26(15-7-5-2)19-28(20-11-9-8-10-12-20)21-17-23(33-3)22(32-16-13-25(29)30)18-24(21)34(31)27-26/h8-12,17-18,27H,4-7,13-16,19H2,1-3H3,(H,29,30). The molecule has 0 bridgehead atoms. The van der Waals surface area contributed by atoms with Crippen LogP contribution in [0.1, 0.15) is 58.8 Å². The molecule has 0 saturated heterocycles. The van der Waals surface area contributed by atoms with Crippen molar-refractivity contribution in [3.63, 3.8) is 0 Å². The Bertz CT molecular complexity index is 934. The summed E-state index contributed by atoms with van der Waals surface area (Å²) in [6.07, 6.45) is 8.07. The van der Waals surface area contributed by atoms with E-state index in [4.69, 9.17) is 9.84 Å². The van der Waals surface area contributed by atoms with E-state index in [1.165, 1.54) is 0 Å². The summed E-state index contributed by atoms with van der Waals surface area (Å²) >= 11 is 0.106. The number of carbonyl (C=O) groups is 1. The Labute approximate surface area is 210 Å². The second kappa shape index (κ2) is 12.7. The van der Waals surface area contributed by atoms with Gasteiger partial charge < -0.3 is 19.3 Å². The van der Waals surface area contributed by atoms with E-state index in [9.17, 15) is 9.35 Å². The molecule has 1 unspecified atom stereocenters. The maximum absolute atomic E-state index is 13.8. The summed E-state index contributed by atoms with van der Waals surface area (Å²) in [5.74, 6) is -0.331. The number of ether oxygens (including phenoxy) is 1. The number of benzene rings is 2. The van der Waals surface area contributed by atoms with E-state index in [1.54, 1.807) is 11.8 Å². The number of aliphatic carboxylic acids is 1. The topological polar surface area (TPSA) is 84.9 Å². The van der Waals surface area contributed by atoms with E-state index in [2.05, 4.69) is 35.6 Å². The lowest BCUT2D eigenvalue weighted by atomic mass is 9.87. The van der Waals surface area contributed by atoms with Crippen molar-refractivity contribution in [3.8, 4) is 5.75 Å². The van der Waals surface area contributed by atoms with Gasteiger partial charge in [-0.25, -0.2) is 0 Å². The van der Waals surface area contributed by atoms with Crippen LogP contribution in [0.3, 0.4) is 0 Å². The summed E-state index contributed by atoms with van der Waals surface area (Å²) < 4.78 is 23.1. The van der Waals surface area contributed by atoms with Crippen LogP contribution in [0.15, 0.2) is 52.3 Å². The molecule has 1 heterocycles. The van der Waals surface area contributed by atoms with E-state index in [0.717, 1.165) is 61.3 Å². The molecular formula is C26H36N2O4S2. The monoisotopic (exact) mass is 504 g/mol. The fraction of sp³-hybridized carbons (Fsp3) is 0.500. The van der Waals surface area contributed by atoms with Crippen molar-refractivity contribution in [1.29, 1.82) is 0 Å². The quantitative estimate of drug-likeness (QED) is 0.265. The predicted octanol–water partition coefficient (Wildman–Crippen LogP) is 6.15. The Morgan fingerprint density at radius 2 is 1.88 bits per heavy atom. The highest BCUT2D eigenvalue weighted by Gasteiger charge is 2.42. The van der Waals surface area contributed by atoms with E-state index in [0.29, 0.717) is 10.6 Å². The number of unbranched alkanes of at least 4 members (excludes halogenated alkanes) is 2. The molecule has 6 nitrogen and oxygen atoms in total. The zero-order chi connectivity index (χ0) is 24.6. The first-order chi connectivity index (χ1) is 16.4. The van der Waals surface area contributed by atoms with Crippen LogP contribution < -0.4 is 14.4 Å². The summed E-state index contributed by atoms with van der Waals surface area (Å²) in [5, 5.41) is 9.00. The van der Waals surface area contributed by atoms with Crippen LogP contribution in [0, 0.1) is 0 Å². The minimum atomic E-state index is -1.44. The number of nitrogens with one attached hydrogen (secondary N) is 1. The molecule has 0 aliphatic carbocycles. The maximum Gasteiger partial charge on any atom is 0.306 e. The second-order valence-electron chi connectivity index (χ2n) is 8.74. The van der Waals surface area contributed by atoms with Gasteiger partial charge in [0.1, 0.15) is 11.4 Å². The smallest absolute Gasteiger partial charge is 0.306 e. The molecule has 2 aromatic rings. The molecule has 0 amide bonds. The van der Waals surface area contributed by atoms with Gasteiger partial charge in [0.15, 0.2) is 0 Å². The molecule has 0 spiro atoms. The lowest BCUT2D eigenvalue weighted by molar-refractivity contribution is -0.137. The minimum Gasteiger partial charge on any atom is -0.593 e. The predicted molar refractivity (Wildman–Crippen MR) is 141 cm³/mol. The molecule has 0 aromatic heterocycles.